The van der Waals surface area contributed by atoms with Gasteiger partial charge in [0.05, 0.1) is 6.21 Å². The lowest BCUT2D eigenvalue weighted by Crippen LogP contribution is -2.18. The average Bonchev–Trinajstić information content (AvgIpc) is 2.38. The lowest BCUT2D eigenvalue weighted by molar-refractivity contribution is 0.322. The number of hydrogen-bond acceptors (Lipinski definition) is 2. The van der Waals surface area contributed by atoms with Crippen LogP contribution in [0.2, 0.25) is 0 Å². The van der Waals surface area contributed by atoms with E-state index in [1.54, 1.807) is 6.21 Å². The van der Waals surface area contributed by atoms with Crippen molar-refractivity contribution in [2.45, 2.75) is 58.8 Å². The third-order valence-electron chi connectivity index (χ3n) is 4.31. The van der Waals surface area contributed by atoms with Crippen LogP contribution >= 0.6 is 0 Å². The van der Waals surface area contributed by atoms with E-state index in [4.69, 9.17) is 5.21 Å². The van der Waals surface area contributed by atoms with Gasteiger partial charge in [0.2, 0.25) is 0 Å². The molecule has 0 bridgehead atoms. The van der Waals surface area contributed by atoms with E-state index in [1.165, 1.54) is 22.3 Å². The molecule has 1 aromatic carbocycles. The van der Waals surface area contributed by atoms with E-state index in [-0.39, 0.29) is 10.8 Å². The highest BCUT2D eigenvalue weighted by molar-refractivity contribution is 5.85. The SMILES string of the molecule is Cc1cc2c(c(C)c1C=NO)C(C)(C)CC2(C)C. The van der Waals surface area contributed by atoms with Crippen molar-refractivity contribution < 1.29 is 5.21 Å². The molecule has 1 aliphatic carbocycles. The number of rotatable bonds is 1. The maximum absolute atomic E-state index is 8.82. The molecule has 2 heteroatoms. The van der Waals surface area contributed by atoms with E-state index in [1.807, 2.05) is 0 Å². The lowest BCUT2D eigenvalue weighted by atomic mass is 9.81. The quantitative estimate of drug-likeness (QED) is 0.451. The summed E-state index contributed by atoms with van der Waals surface area (Å²) in [6.45, 7) is 13.5. The molecule has 0 amide bonds. The molecule has 0 unspecified atom stereocenters. The van der Waals surface area contributed by atoms with Crippen LogP contribution in [0.1, 0.15) is 61.9 Å². The summed E-state index contributed by atoms with van der Waals surface area (Å²) in [6.07, 6.45) is 2.72. The fourth-order valence-corrected chi connectivity index (χ4v) is 3.95. The summed E-state index contributed by atoms with van der Waals surface area (Å²) in [5.41, 5.74) is 6.82. The van der Waals surface area contributed by atoms with Gasteiger partial charge >= 0.3 is 0 Å². The number of oxime groups is 1. The zero-order valence-electron chi connectivity index (χ0n) is 12.3. The van der Waals surface area contributed by atoms with Crippen molar-refractivity contribution in [3.05, 3.63) is 33.9 Å². The summed E-state index contributed by atoms with van der Waals surface area (Å²) >= 11 is 0. The van der Waals surface area contributed by atoms with Crippen LogP contribution in [0.25, 0.3) is 0 Å². The zero-order valence-corrected chi connectivity index (χ0v) is 12.3. The second-order valence-electron chi connectivity index (χ2n) is 6.84. The Bertz CT molecular complexity index is 524. The van der Waals surface area contributed by atoms with Gasteiger partial charge in [-0.1, -0.05) is 38.9 Å². The Kier molecular flexibility index (Phi) is 2.80. The Morgan fingerprint density at radius 2 is 1.78 bits per heavy atom. The molecule has 0 saturated heterocycles. The highest BCUT2D eigenvalue weighted by Crippen LogP contribution is 2.51. The topological polar surface area (TPSA) is 32.6 Å². The normalized spacial score (nSPS) is 20.3. The van der Waals surface area contributed by atoms with Gasteiger partial charge in [0.1, 0.15) is 0 Å². The molecule has 0 aliphatic heterocycles. The lowest BCUT2D eigenvalue weighted by Gasteiger charge is -2.23. The summed E-state index contributed by atoms with van der Waals surface area (Å²) in [6, 6.07) is 2.27. The van der Waals surface area contributed by atoms with E-state index in [0.717, 1.165) is 12.0 Å². The van der Waals surface area contributed by atoms with Crippen molar-refractivity contribution in [1.82, 2.24) is 0 Å². The molecule has 0 saturated carbocycles. The summed E-state index contributed by atoms with van der Waals surface area (Å²) in [5.74, 6) is 0. The number of benzene rings is 1. The molecule has 2 rings (SSSR count). The molecule has 2 nitrogen and oxygen atoms in total. The van der Waals surface area contributed by atoms with Crippen LogP contribution in [0, 0.1) is 13.8 Å². The Hall–Kier alpha value is -1.31. The van der Waals surface area contributed by atoms with Crippen molar-refractivity contribution in [3.8, 4) is 0 Å². The Balaban J connectivity index is 2.80. The number of nitrogens with zero attached hydrogens (tertiary/aromatic N) is 1. The molecule has 0 aromatic heterocycles. The summed E-state index contributed by atoms with van der Waals surface area (Å²) in [4.78, 5) is 0. The second kappa shape index (κ2) is 3.84. The van der Waals surface area contributed by atoms with Gasteiger partial charge in [-0.15, -0.1) is 0 Å². The van der Waals surface area contributed by atoms with E-state index < -0.39 is 0 Å². The third kappa shape index (κ3) is 1.75. The van der Waals surface area contributed by atoms with Crippen molar-refractivity contribution in [2.24, 2.45) is 5.16 Å². The van der Waals surface area contributed by atoms with Gasteiger partial charge in [0.15, 0.2) is 0 Å². The Morgan fingerprint density at radius 1 is 1.17 bits per heavy atom. The molecule has 0 fully saturated rings. The van der Waals surface area contributed by atoms with Crippen LogP contribution in [0.4, 0.5) is 0 Å². The average molecular weight is 245 g/mol. The molecule has 0 atom stereocenters. The largest absolute Gasteiger partial charge is 0.411 e. The molecule has 0 radical (unpaired) electrons. The number of aryl methyl sites for hydroxylation is 1. The first-order valence-corrected chi connectivity index (χ1v) is 6.53. The first-order valence-electron chi connectivity index (χ1n) is 6.53. The van der Waals surface area contributed by atoms with Crippen LogP contribution in [-0.4, -0.2) is 11.4 Å². The minimum Gasteiger partial charge on any atom is -0.411 e. The van der Waals surface area contributed by atoms with Crippen molar-refractivity contribution in [3.63, 3.8) is 0 Å². The monoisotopic (exact) mass is 245 g/mol. The standard InChI is InChI=1S/C16H23NO/c1-10-7-13-14(11(2)12(10)8-17-18)16(5,6)9-15(13,3)4/h7-8,18H,9H2,1-6H3. The van der Waals surface area contributed by atoms with Gasteiger partial charge in [0, 0.05) is 5.56 Å². The Labute approximate surface area is 110 Å². The maximum atomic E-state index is 8.82. The predicted molar refractivity (Wildman–Crippen MR) is 76.0 cm³/mol. The highest BCUT2D eigenvalue weighted by atomic mass is 16.4. The molecular formula is C16H23NO. The van der Waals surface area contributed by atoms with E-state index >= 15 is 0 Å². The minimum atomic E-state index is 0.189. The fraction of sp³-hybridized carbons (Fsp3) is 0.562. The molecule has 1 aliphatic rings. The highest BCUT2D eigenvalue weighted by Gasteiger charge is 2.43. The zero-order chi connectivity index (χ0) is 13.7. The number of hydrogen-bond donors (Lipinski definition) is 1. The molecule has 0 spiro atoms. The van der Waals surface area contributed by atoms with Crippen molar-refractivity contribution in [2.75, 3.05) is 0 Å². The molecular weight excluding hydrogens is 222 g/mol. The Morgan fingerprint density at radius 3 is 2.33 bits per heavy atom. The maximum Gasteiger partial charge on any atom is 0.0739 e. The van der Waals surface area contributed by atoms with Crippen molar-refractivity contribution >= 4 is 6.21 Å². The van der Waals surface area contributed by atoms with Gasteiger partial charge in [-0.2, -0.15) is 0 Å². The molecule has 1 N–H and O–H groups in total. The molecule has 1 aromatic rings. The van der Waals surface area contributed by atoms with Crippen LogP contribution < -0.4 is 0 Å². The second-order valence-corrected chi connectivity index (χ2v) is 6.84. The summed E-state index contributed by atoms with van der Waals surface area (Å²) < 4.78 is 0. The van der Waals surface area contributed by atoms with Gasteiger partial charge in [-0.25, -0.2) is 0 Å². The van der Waals surface area contributed by atoms with Crippen LogP contribution in [0.3, 0.4) is 0 Å². The fourth-order valence-electron chi connectivity index (χ4n) is 3.95. The minimum absolute atomic E-state index is 0.189. The predicted octanol–water partition coefficient (Wildman–Crippen LogP) is 4.07. The smallest absolute Gasteiger partial charge is 0.0739 e. The van der Waals surface area contributed by atoms with E-state index in [9.17, 15) is 0 Å². The van der Waals surface area contributed by atoms with Crippen LogP contribution in [0.15, 0.2) is 11.2 Å². The first kappa shape index (κ1) is 13.1. The van der Waals surface area contributed by atoms with Gasteiger partial charge < -0.3 is 5.21 Å². The van der Waals surface area contributed by atoms with E-state index in [0.29, 0.717) is 0 Å². The van der Waals surface area contributed by atoms with Crippen LogP contribution in [0.5, 0.6) is 0 Å². The molecule has 18 heavy (non-hydrogen) atoms. The summed E-state index contributed by atoms with van der Waals surface area (Å²) in [7, 11) is 0. The van der Waals surface area contributed by atoms with Crippen molar-refractivity contribution in [1.29, 1.82) is 0 Å². The van der Waals surface area contributed by atoms with Gasteiger partial charge in [-0.3, -0.25) is 0 Å². The van der Waals surface area contributed by atoms with Crippen LogP contribution in [-0.2, 0) is 10.8 Å². The first-order chi connectivity index (χ1) is 8.20. The molecule has 0 heterocycles. The van der Waals surface area contributed by atoms with Gasteiger partial charge in [0.25, 0.3) is 0 Å². The molecule has 98 valence electrons. The third-order valence-corrected chi connectivity index (χ3v) is 4.31. The summed E-state index contributed by atoms with van der Waals surface area (Å²) in [5, 5.41) is 12.0. The van der Waals surface area contributed by atoms with Gasteiger partial charge in [-0.05, 0) is 53.4 Å². The number of fused-ring (bicyclic) bond motifs is 1. The van der Waals surface area contributed by atoms with E-state index in [2.05, 4.69) is 52.8 Å².